The fraction of sp³-hybridized carbons (Fsp3) is 0. The van der Waals surface area contributed by atoms with Gasteiger partial charge in [-0.05, 0) is 39.8 Å². The third-order valence-corrected chi connectivity index (χ3v) is 4.08. The standard InChI is InChI=1S/C17H9ClO/c18-16-7-6-13-11-5-4-10(9-19)8-15(11)12-2-1-3-14(16)17(12)13/h1-9H. The average molecular weight is 265 g/mol. The Morgan fingerprint density at radius 1 is 0.842 bits per heavy atom. The van der Waals surface area contributed by atoms with E-state index in [4.69, 9.17) is 11.6 Å². The highest BCUT2D eigenvalue weighted by atomic mass is 35.5. The van der Waals surface area contributed by atoms with Crippen LogP contribution in [-0.2, 0) is 0 Å². The molecule has 0 bridgehead atoms. The van der Waals surface area contributed by atoms with Crippen LogP contribution in [0.1, 0.15) is 10.4 Å². The van der Waals surface area contributed by atoms with Crippen molar-refractivity contribution in [3.8, 4) is 22.3 Å². The fourth-order valence-electron chi connectivity index (χ4n) is 2.91. The molecule has 3 aromatic carbocycles. The summed E-state index contributed by atoms with van der Waals surface area (Å²) >= 11 is 6.27. The summed E-state index contributed by atoms with van der Waals surface area (Å²) in [7, 11) is 0. The van der Waals surface area contributed by atoms with E-state index in [9.17, 15) is 4.79 Å². The molecule has 2 heteroatoms. The van der Waals surface area contributed by atoms with Gasteiger partial charge in [-0.15, -0.1) is 0 Å². The predicted octanol–water partition coefficient (Wildman–Crippen LogP) is 4.95. The first-order chi connectivity index (χ1) is 9.29. The minimum atomic E-state index is 0.703. The van der Waals surface area contributed by atoms with Gasteiger partial charge in [0.1, 0.15) is 6.29 Å². The first-order valence-electron chi connectivity index (χ1n) is 6.11. The molecule has 0 amide bonds. The Hall–Kier alpha value is -2.12. The molecule has 19 heavy (non-hydrogen) atoms. The molecule has 0 spiro atoms. The molecule has 0 atom stereocenters. The third-order valence-electron chi connectivity index (χ3n) is 3.75. The Bertz CT molecular complexity index is 849. The molecule has 1 aliphatic rings. The second-order valence-corrected chi connectivity index (χ2v) is 5.15. The van der Waals surface area contributed by atoms with Crippen LogP contribution in [0.15, 0.2) is 48.5 Å². The summed E-state index contributed by atoms with van der Waals surface area (Å²) in [6.07, 6.45) is 0.885. The third kappa shape index (κ3) is 1.33. The van der Waals surface area contributed by atoms with Crippen LogP contribution in [0.5, 0.6) is 0 Å². The zero-order valence-corrected chi connectivity index (χ0v) is 10.7. The van der Waals surface area contributed by atoms with Gasteiger partial charge in [0.05, 0.1) is 0 Å². The number of aldehydes is 1. The molecular formula is C17H9ClO. The van der Waals surface area contributed by atoms with Crippen molar-refractivity contribution in [2.75, 3.05) is 0 Å². The quantitative estimate of drug-likeness (QED) is 0.445. The lowest BCUT2D eigenvalue weighted by Gasteiger charge is -2.03. The monoisotopic (exact) mass is 264 g/mol. The first kappa shape index (κ1) is 10.8. The van der Waals surface area contributed by atoms with E-state index in [2.05, 4.69) is 12.1 Å². The van der Waals surface area contributed by atoms with E-state index in [1.54, 1.807) is 0 Å². The molecule has 0 aliphatic heterocycles. The molecule has 1 aliphatic carbocycles. The number of fused-ring (bicyclic) bond motifs is 3. The Morgan fingerprint density at radius 2 is 1.63 bits per heavy atom. The minimum absolute atomic E-state index is 0.703. The Balaban J connectivity index is 2.20. The van der Waals surface area contributed by atoms with Gasteiger partial charge in [-0.1, -0.05) is 48.0 Å². The molecule has 90 valence electrons. The number of rotatable bonds is 1. The Morgan fingerprint density at radius 3 is 2.47 bits per heavy atom. The summed E-state index contributed by atoms with van der Waals surface area (Å²) in [5.41, 5.74) is 5.35. The molecule has 0 aromatic heterocycles. The lowest BCUT2D eigenvalue weighted by atomic mass is 10.0. The van der Waals surface area contributed by atoms with Crippen LogP contribution in [0.2, 0.25) is 5.02 Å². The molecule has 4 rings (SSSR count). The second-order valence-electron chi connectivity index (χ2n) is 4.75. The van der Waals surface area contributed by atoms with Crippen LogP contribution in [0, 0.1) is 0 Å². The minimum Gasteiger partial charge on any atom is -0.298 e. The predicted molar refractivity (Wildman–Crippen MR) is 78.8 cm³/mol. The van der Waals surface area contributed by atoms with Crippen LogP contribution < -0.4 is 0 Å². The summed E-state index contributed by atoms with van der Waals surface area (Å²) in [6, 6.07) is 16.0. The number of halogens is 1. The highest BCUT2D eigenvalue weighted by Gasteiger charge is 2.21. The molecule has 1 nitrogen and oxygen atoms in total. The molecule has 0 saturated heterocycles. The van der Waals surface area contributed by atoms with Gasteiger partial charge in [0.15, 0.2) is 0 Å². The van der Waals surface area contributed by atoms with Gasteiger partial charge in [-0.3, -0.25) is 4.79 Å². The van der Waals surface area contributed by atoms with E-state index in [-0.39, 0.29) is 0 Å². The van der Waals surface area contributed by atoms with Crippen molar-refractivity contribution in [1.82, 2.24) is 0 Å². The molecule has 0 saturated carbocycles. The van der Waals surface area contributed by atoms with Crippen molar-refractivity contribution in [3.05, 3.63) is 59.1 Å². The zero-order chi connectivity index (χ0) is 13.0. The number of carbonyl (C=O) groups is 1. The van der Waals surface area contributed by atoms with Crippen LogP contribution in [-0.4, -0.2) is 6.29 Å². The molecule has 3 aromatic rings. The molecule has 0 N–H and O–H groups in total. The Labute approximate surface area is 115 Å². The van der Waals surface area contributed by atoms with Crippen LogP contribution >= 0.6 is 11.6 Å². The topological polar surface area (TPSA) is 17.1 Å². The maximum atomic E-state index is 11.0. The van der Waals surface area contributed by atoms with Gasteiger partial charge in [-0.25, -0.2) is 0 Å². The van der Waals surface area contributed by atoms with E-state index < -0.39 is 0 Å². The molecule has 0 unspecified atom stereocenters. The average Bonchev–Trinajstić information content (AvgIpc) is 2.78. The molecule has 0 radical (unpaired) electrons. The van der Waals surface area contributed by atoms with Gasteiger partial charge in [0.25, 0.3) is 0 Å². The van der Waals surface area contributed by atoms with Crippen molar-refractivity contribution in [3.63, 3.8) is 0 Å². The van der Waals surface area contributed by atoms with Crippen molar-refractivity contribution >= 4 is 28.7 Å². The van der Waals surface area contributed by atoms with E-state index in [0.717, 1.165) is 27.8 Å². The number of hydrogen-bond acceptors (Lipinski definition) is 1. The van der Waals surface area contributed by atoms with E-state index in [0.29, 0.717) is 5.56 Å². The summed E-state index contributed by atoms with van der Waals surface area (Å²) in [5.74, 6) is 0. The van der Waals surface area contributed by atoms with Crippen molar-refractivity contribution < 1.29 is 4.79 Å². The van der Waals surface area contributed by atoms with Gasteiger partial charge < -0.3 is 0 Å². The summed E-state index contributed by atoms with van der Waals surface area (Å²) in [5, 5.41) is 3.03. The fourth-order valence-corrected chi connectivity index (χ4v) is 3.13. The summed E-state index contributed by atoms with van der Waals surface area (Å²) in [6.45, 7) is 0. The van der Waals surface area contributed by atoms with Gasteiger partial charge in [0, 0.05) is 16.0 Å². The van der Waals surface area contributed by atoms with E-state index in [1.165, 1.54) is 16.5 Å². The Kier molecular flexibility index (Phi) is 2.09. The maximum absolute atomic E-state index is 11.0. The van der Waals surface area contributed by atoms with E-state index >= 15 is 0 Å². The molecular weight excluding hydrogens is 256 g/mol. The SMILES string of the molecule is O=Cc1ccc2c(c1)-c1cccc3c(Cl)ccc-2c13. The zero-order valence-electron chi connectivity index (χ0n) is 9.98. The lowest BCUT2D eigenvalue weighted by molar-refractivity contribution is 0.112. The van der Waals surface area contributed by atoms with Crippen molar-refractivity contribution in [2.45, 2.75) is 0 Å². The summed E-state index contributed by atoms with van der Waals surface area (Å²) in [4.78, 5) is 11.0. The molecule has 0 fully saturated rings. The normalized spacial score (nSPS) is 11.6. The van der Waals surface area contributed by atoms with E-state index in [1.807, 2.05) is 36.4 Å². The first-order valence-corrected chi connectivity index (χ1v) is 6.48. The highest BCUT2D eigenvalue weighted by molar-refractivity contribution is 6.37. The summed E-state index contributed by atoms with van der Waals surface area (Å²) < 4.78 is 0. The lowest BCUT2D eigenvalue weighted by Crippen LogP contribution is -1.82. The van der Waals surface area contributed by atoms with Crippen molar-refractivity contribution in [1.29, 1.82) is 0 Å². The van der Waals surface area contributed by atoms with Crippen LogP contribution in [0.25, 0.3) is 33.0 Å². The number of carbonyl (C=O) groups excluding carboxylic acids is 1. The maximum Gasteiger partial charge on any atom is 0.150 e. The molecule has 0 heterocycles. The second kappa shape index (κ2) is 3.69. The number of hydrogen-bond donors (Lipinski definition) is 0. The largest absolute Gasteiger partial charge is 0.298 e. The smallest absolute Gasteiger partial charge is 0.150 e. The van der Waals surface area contributed by atoms with Crippen molar-refractivity contribution in [2.24, 2.45) is 0 Å². The van der Waals surface area contributed by atoms with Gasteiger partial charge >= 0.3 is 0 Å². The van der Waals surface area contributed by atoms with Crippen LogP contribution in [0.4, 0.5) is 0 Å². The number of benzene rings is 3. The van der Waals surface area contributed by atoms with Gasteiger partial charge in [0.2, 0.25) is 0 Å². The highest BCUT2D eigenvalue weighted by Crippen LogP contribution is 2.48. The van der Waals surface area contributed by atoms with Gasteiger partial charge in [-0.2, -0.15) is 0 Å². The van der Waals surface area contributed by atoms with Crippen LogP contribution in [0.3, 0.4) is 0 Å².